The van der Waals surface area contributed by atoms with E-state index < -0.39 is 24.4 Å². The zero-order valence-electron chi connectivity index (χ0n) is 19.2. The maximum Gasteiger partial charge on any atom is 0.404 e. The van der Waals surface area contributed by atoms with E-state index in [1.165, 1.54) is 4.90 Å². The Balaban J connectivity index is 1.71. The Hall–Kier alpha value is -2.00. The number of hydrogen-bond donors (Lipinski definition) is 2. The van der Waals surface area contributed by atoms with Crippen molar-refractivity contribution in [2.75, 3.05) is 26.3 Å². The second-order valence-electron chi connectivity index (χ2n) is 8.88. The minimum absolute atomic E-state index is 0.0295. The second-order valence-corrected chi connectivity index (χ2v) is 8.88. The first-order valence-corrected chi connectivity index (χ1v) is 12.0. The number of aliphatic hydroxyl groups excluding tert-OH is 1. The van der Waals surface area contributed by atoms with Gasteiger partial charge in [0.2, 0.25) is 5.91 Å². The summed E-state index contributed by atoms with van der Waals surface area (Å²) in [5.41, 5.74) is 0.468. The first-order valence-electron chi connectivity index (χ1n) is 12.0. The number of nitrogens with one attached hydrogen (secondary N) is 1. The lowest BCUT2D eigenvalue weighted by Gasteiger charge is -2.33. The number of nitrogens with zero attached hydrogens (tertiary/aromatic N) is 1. The predicted octanol–water partition coefficient (Wildman–Crippen LogP) is 4.36. The highest BCUT2D eigenvalue weighted by Gasteiger charge is 2.46. The number of benzene rings is 1. The molecule has 2 aliphatic rings. The molecule has 0 saturated carbocycles. The molecule has 1 fully saturated rings. The van der Waals surface area contributed by atoms with Crippen LogP contribution in [0.1, 0.15) is 70.0 Å². The second kappa shape index (κ2) is 11.9. The molecule has 3 atom stereocenters. The summed E-state index contributed by atoms with van der Waals surface area (Å²) in [7, 11) is 0. The summed E-state index contributed by atoms with van der Waals surface area (Å²) in [6.07, 6.45) is 0.139. The van der Waals surface area contributed by atoms with Crippen LogP contribution in [0.4, 0.5) is 13.2 Å². The third-order valence-electron chi connectivity index (χ3n) is 6.32. The van der Waals surface area contributed by atoms with Crippen molar-refractivity contribution in [1.82, 2.24) is 10.2 Å². The number of halogens is 3. The fourth-order valence-electron chi connectivity index (χ4n) is 4.54. The van der Waals surface area contributed by atoms with Crippen LogP contribution < -0.4 is 14.8 Å². The van der Waals surface area contributed by atoms with Gasteiger partial charge in [-0.25, -0.2) is 0 Å². The van der Waals surface area contributed by atoms with Crippen molar-refractivity contribution < 1.29 is 32.5 Å². The third-order valence-corrected chi connectivity index (χ3v) is 6.32. The van der Waals surface area contributed by atoms with Crippen molar-refractivity contribution in [2.45, 2.75) is 82.7 Å². The van der Waals surface area contributed by atoms with Gasteiger partial charge in [0.15, 0.2) is 11.5 Å². The van der Waals surface area contributed by atoms with Gasteiger partial charge in [-0.1, -0.05) is 38.7 Å². The Morgan fingerprint density at radius 1 is 1.18 bits per heavy atom. The molecule has 0 aliphatic carbocycles. The summed E-state index contributed by atoms with van der Waals surface area (Å²) in [4.78, 5) is 13.9. The molecule has 33 heavy (non-hydrogen) atoms. The summed E-state index contributed by atoms with van der Waals surface area (Å²) in [5.74, 6) is 0.783. The molecule has 1 aromatic rings. The number of likely N-dealkylation sites (tertiary alicyclic amines) is 1. The quantitative estimate of drug-likeness (QED) is 0.468. The van der Waals surface area contributed by atoms with Gasteiger partial charge >= 0.3 is 6.18 Å². The number of fused-ring (bicyclic) bond motifs is 1. The van der Waals surface area contributed by atoms with Gasteiger partial charge in [-0.3, -0.25) is 9.69 Å². The van der Waals surface area contributed by atoms with Crippen LogP contribution in [0, 0.1) is 0 Å². The highest BCUT2D eigenvalue weighted by Crippen LogP contribution is 2.35. The first-order chi connectivity index (χ1) is 15.8. The molecule has 3 rings (SSSR count). The lowest BCUT2D eigenvalue weighted by molar-refractivity contribution is -0.177. The van der Waals surface area contributed by atoms with Crippen molar-refractivity contribution in [1.29, 1.82) is 0 Å². The molecule has 9 heteroatoms. The Morgan fingerprint density at radius 2 is 1.91 bits per heavy atom. The highest BCUT2D eigenvalue weighted by molar-refractivity contribution is 5.76. The molecule has 0 spiro atoms. The molecule has 2 aliphatic heterocycles. The fraction of sp³-hybridized carbons (Fsp3) is 0.708. The molecule has 1 aromatic carbocycles. The summed E-state index contributed by atoms with van der Waals surface area (Å²) < 4.78 is 51.5. The molecule has 186 valence electrons. The number of carbonyl (C=O) groups excluding carboxylic acids is 1. The van der Waals surface area contributed by atoms with Crippen molar-refractivity contribution >= 4 is 5.91 Å². The zero-order valence-corrected chi connectivity index (χ0v) is 19.2. The largest absolute Gasteiger partial charge is 0.486 e. The Labute approximate surface area is 193 Å². The normalized spacial score (nSPS) is 20.5. The molecule has 0 aromatic heterocycles. The number of ether oxygens (including phenoxy) is 2. The fourth-order valence-corrected chi connectivity index (χ4v) is 4.54. The van der Waals surface area contributed by atoms with Crippen molar-refractivity contribution in [3.05, 3.63) is 23.8 Å². The van der Waals surface area contributed by atoms with Crippen LogP contribution in [0.25, 0.3) is 0 Å². The van der Waals surface area contributed by atoms with E-state index >= 15 is 0 Å². The lowest BCUT2D eigenvalue weighted by atomic mass is 10.00. The average molecular weight is 473 g/mol. The van der Waals surface area contributed by atoms with Crippen LogP contribution in [-0.2, 0) is 4.79 Å². The maximum atomic E-state index is 13.5. The van der Waals surface area contributed by atoms with Gasteiger partial charge in [-0.15, -0.1) is 0 Å². The highest BCUT2D eigenvalue weighted by atomic mass is 19.4. The molecular formula is C24H35F3N2O4. The van der Waals surface area contributed by atoms with E-state index in [-0.39, 0.29) is 31.8 Å². The average Bonchev–Trinajstić information content (AvgIpc) is 3.26. The third kappa shape index (κ3) is 7.24. The molecule has 3 unspecified atom stereocenters. The van der Waals surface area contributed by atoms with Crippen molar-refractivity contribution in [3.8, 4) is 11.5 Å². The van der Waals surface area contributed by atoms with Gasteiger partial charge in [-0.05, 0) is 43.5 Å². The summed E-state index contributed by atoms with van der Waals surface area (Å²) in [6.45, 7) is 3.12. The van der Waals surface area contributed by atoms with Gasteiger partial charge in [-0.2, -0.15) is 13.2 Å². The van der Waals surface area contributed by atoms with E-state index in [1.807, 2.05) is 0 Å². The van der Waals surface area contributed by atoms with Crippen molar-refractivity contribution in [3.63, 3.8) is 0 Å². The van der Waals surface area contributed by atoms with Gasteiger partial charge in [0.1, 0.15) is 25.4 Å². The summed E-state index contributed by atoms with van der Waals surface area (Å²) in [6, 6.07) is 2.53. The number of hydrogen-bond acceptors (Lipinski definition) is 5. The Kier molecular flexibility index (Phi) is 9.26. The molecule has 2 heterocycles. The predicted molar refractivity (Wildman–Crippen MR) is 118 cm³/mol. The number of alkyl halides is 3. The van der Waals surface area contributed by atoms with E-state index in [2.05, 4.69) is 12.2 Å². The molecular weight excluding hydrogens is 437 g/mol. The topological polar surface area (TPSA) is 71.0 Å². The van der Waals surface area contributed by atoms with E-state index in [1.54, 1.807) is 18.2 Å². The van der Waals surface area contributed by atoms with Crippen LogP contribution in [0.2, 0.25) is 0 Å². The van der Waals surface area contributed by atoms with Crippen molar-refractivity contribution in [2.24, 2.45) is 0 Å². The number of carbonyl (C=O) groups is 1. The van der Waals surface area contributed by atoms with Gasteiger partial charge in [0.05, 0.1) is 6.04 Å². The number of amides is 1. The standard InChI is InChI=1S/C24H35F3N2O4/c1-2-3-4-5-6-9-22(30)28-18(16-29-12-7-8-21(29)24(25,26)27)23(31)17-10-11-19-20(15-17)33-14-13-32-19/h10-11,15,18,21,23,31H,2-9,12-14,16H2,1H3,(H,28,30). The molecule has 1 amide bonds. The molecule has 0 bridgehead atoms. The zero-order chi connectivity index (χ0) is 23.8. The van der Waals surface area contributed by atoms with E-state index in [0.29, 0.717) is 43.1 Å². The lowest BCUT2D eigenvalue weighted by Crippen LogP contribution is -2.51. The smallest absolute Gasteiger partial charge is 0.404 e. The molecule has 1 saturated heterocycles. The van der Waals surface area contributed by atoms with Crippen LogP contribution in [-0.4, -0.2) is 60.5 Å². The summed E-state index contributed by atoms with van der Waals surface area (Å²) in [5, 5.41) is 13.9. The molecule has 0 radical (unpaired) electrons. The van der Waals surface area contributed by atoms with Crippen LogP contribution in [0.5, 0.6) is 11.5 Å². The molecule has 2 N–H and O–H groups in total. The van der Waals surface area contributed by atoms with Crippen LogP contribution in [0.3, 0.4) is 0 Å². The summed E-state index contributed by atoms with van der Waals surface area (Å²) >= 11 is 0. The monoisotopic (exact) mass is 472 g/mol. The van der Waals surface area contributed by atoms with Gasteiger partial charge < -0.3 is 19.9 Å². The Bertz CT molecular complexity index is 775. The number of unbranched alkanes of at least 4 members (excludes halogenated alkanes) is 4. The number of rotatable bonds is 11. The minimum atomic E-state index is -4.34. The van der Waals surface area contributed by atoms with E-state index in [9.17, 15) is 23.1 Å². The minimum Gasteiger partial charge on any atom is -0.486 e. The SMILES string of the molecule is CCCCCCCC(=O)NC(CN1CCCC1C(F)(F)F)C(O)c1ccc2c(c1)OCCO2. The van der Waals surface area contributed by atoms with E-state index in [4.69, 9.17) is 9.47 Å². The number of aliphatic hydroxyl groups is 1. The van der Waals surface area contributed by atoms with E-state index in [0.717, 1.165) is 25.7 Å². The molecule has 6 nitrogen and oxygen atoms in total. The first kappa shape index (κ1) is 25.6. The van der Waals surface area contributed by atoms with Crippen LogP contribution >= 0.6 is 0 Å². The maximum absolute atomic E-state index is 13.5. The van der Waals surface area contributed by atoms with Gasteiger partial charge in [0.25, 0.3) is 0 Å². The Morgan fingerprint density at radius 3 is 2.64 bits per heavy atom. The van der Waals surface area contributed by atoms with Crippen LogP contribution in [0.15, 0.2) is 18.2 Å². The van der Waals surface area contributed by atoms with Gasteiger partial charge in [0, 0.05) is 13.0 Å².